The molecule has 0 spiro atoms. The SMILES string of the molecule is CCOc1ccc2oc(-c3csc(NC(=O)/C=C/c4cccs4)n3)cc2c1. The minimum Gasteiger partial charge on any atom is -0.494 e. The average molecular weight is 396 g/mol. The summed E-state index contributed by atoms with van der Waals surface area (Å²) < 4.78 is 11.4. The van der Waals surface area contributed by atoms with Crippen molar-refractivity contribution in [2.45, 2.75) is 6.92 Å². The van der Waals surface area contributed by atoms with E-state index in [0.717, 1.165) is 21.6 Å². The first kappa shape index (κ1) is 17.5. The molecule has 0 saturated carbocycles. The number of fused-ring (bicyclic) bond motifs is 1. The first-order valence-electron chi connectivity index (χ1n) is 8.36. The summed E-state index contributed by atoms with van der Waals surface area (Å²) >= 11 is 2.94. The number of carbonyl (C=O) groups is 1. The van der Waals surface area contributed by atoms with Crippen LogP contribution in [0, 0.1) is 0 Å². The Morgan fingerprint density at radius 1 is 1.30 bits per heavy atom. The molecule has 0 aliphatic carbocycles. The van der Waals surface area contributed by atoms with Crippen molar-refractivity contribution in [2.24, 2.45) is 0 Å². The van der Waals surface area contributed by atoms with Crippen LogP contribution < -0.4 is 10.1 Å². The van der Waals surface area contributed by atoms with Crippen LogP contribution in [-0.4, -0.2) is 17.5 Å². The normalized spacial score (nSPS) is 11.3. The van der Waals surface area contributed by atoms with E-state index in [4.69, 9.17) is 9.15 Å². The summed E-state index contributed by atoms with van der Waals surface area (Å²) in [6, 6.07) is 11.5. The zero-order chi connectivity index (χ0) is 18.6. The Kier molecular flexibility index (Phi) is 5.04. The molecule has 3 aromatic heterocycles. The number of anilines is 1. The summed E-state index contributed by atoms with van der Waals surface area (Å²) in [5, 5.41) is 8.09. The van der Waals surface area contributed by atoms with E-state index in [1.165, 1.54) is 17.4 Å². The van der Waals surface area contributed by atoms with E-state index in [1.807, 2.05) is 54.1 Å². The fourth-order valence-electron chi connectivity index (χ4n) is 2.54. The Labute approximate surface area is 163 Å². The maximum atomic E-state index is 12.0. The van der Waals surface area contributed by atoms with Gasteiger partial charge in [-0.2, -0.15) is 0 Å². The Morgan fingerprint density at radius 3 is 3.04 bits per heavy atom. The predicted octanol–water partition coefficient (Wildman–Crippen LogP) is 5.67. The maximum absolute atomic E-state index is 12.0. The van der Waals surface area contributed by atoms with Gasteiger partial charge < -0.3 is 9.15 Å². The van der Waals surface area contributed by atoms with E-state index >= 15 is 0 Å². The fraction of sp³-hybridized carbons (Fsp3) is 0.100. The Hall–Kier alpha value is -2.90. The molecule has 1 N–H and O–H groups in total. The summed E-state index contributed by atoms with van der Waals surface area (Å²) in [7, 11) is 0. The van der Waals surface area contributed by atoms with Crippen molar-refractivity contribution in [1.29, 1.82) is 0 Å². The molecule has 27 heavy (non-hydrogen) atoms. The van der Waals surface area contributed by atoms with E-state index in [9.17, 15) is 4.79 Å². The molecule has 7 heteroatoms. The second-order valence-electron chi connectivity index (χ2n) is 5.62. The molecular formula is C20H16N2O3S2. The van der Waals surface area contributed by atoms with Crippen LogP contribution in [0.2, 0.25) is 0 Å². The predicted molar refractivity (Wildman–Crippen MR) is 110 cm³/mol. The third kappa shape index (κ3) is 4.10. The van der Waals surface area contributed by atoms with Crippen molar-refractivity contribution >= 4 is 50.8 Å². The molecule has 0 fully saturated rings. The summed E-state index contributed by atoms with van der Waals surface area (Å²) in [6.07, 6.45) is 3.28. The summed E-state index contributed by atoms with van der Waals surface area (Å²) in [6.45, 7) is 2.57. The van der Waals surface area contributed by atoms with Gasteiger partial charge in [-0.1, -0.05) is 6.07 Å². The number of rotatable bonds is 6. The average Bonchev–Trinajstić information content (AvgIpc) is 3.40. The number of thiophene rings is 1. The van der Waals surface area contributed by atoms with Gasteiger partial charge in [0.1, 0.15) is 17.0 Å². The Balaban J connectivity index is 1.48. The molecule has 4 aromatic rings. The molecule has 4 rings (SSSR count). The van der Waals surface area contributed by atoms with Crippen LogP contribution in [0.15, 0.2) is 57.7 Å². The van der Waals surface area contributed by atoms with Crippen LogP contribution in [0.1, 0.15) is 11.8 Å². The van der Waals surface area contributed by atoms with E-state index in [0.29, 0.717) is 23.2 Å². The van der Waals surface area contributed by atoms with Crippen molar-refractivity contribution in [3.63, 3.8) is 0 Å². The summed E-state index contributed by atoms with van der Waals surface area (Å²) in [5.41, 5.74) is 1.46. The van der Waals surface area contributed by atoms with E-state index in [2.05, 4.69) is 10.3 Å². The Bertz CT molecular complexity index is 1090. The number of hydrogen-bond acceptors (Lipinski definition) is 6. The maximum Gasteiger partial charge on any atom is 0.250 e. The summed E-state index contributed by atoms with van der Waals surface area (Å²) in [4.78, 5) is 17.5. The number of thiazole rings is 1. The summed E-state index contributed by atoms with van der Waals surface area (Å²) in [5.74, 6) is 1.25. The molecule has 0 aliphatic rings. The number of aromatic nitrogens is 1. The quantitative estimate of drug-likeness (QED) is 0.427. The zero-order valence-electron chi connectivity index (χ0n) is 14.5. The standard InChI is InChI=1S/C20H16N2O3S2/c1-2-24-14-5-7-17-13(10-14)11-18(25-17)16-12-27-20(21-16)22-19(23)8-6-15-4-3-9-26-15/h3-12H,2H2,1H3,(H,21,22,23)/b8-6+. The van der Waals surface area contributed by atoms with Crippen LogP contribution >= 0.6 is 22.7 Å². The van der Waals surface area contributed by atoms with Crippen LogP contribution in [0.3, 0.4) is 0 Å². The molecule has 1 amide bonds. The lowest BCUT2D eigenvalue weighted by Gasteiger charge is -2.00. The van der Waals surface area contributed by atoms with Crippen molar-refractivity contribution < 1.29 is 13.9 Å². The molecular weight excluding hydrogens is 380 g/mol. The van der Waals surface area contributed by atoms with Gasteiger partial charge in [0.15, 0.2) is 10.9 Å². The van der Waals surface area contributed by atoms with E-state index in [1.54, 1.807) is 17.4 Å². The smallest absolute Gasteiger partial charge is 0.250 e. The first-order chi connectivity index (χ1) is 13.2. The highest BCUT2D eigenvalue weighted by atomic mass is 32.1. The van der Waals surface area contributed by atoms with Gasteiger partial charge in [0.2, 0.25) is 5.91 Å². The van der Waals surface area contributed by atoms with Gasteiger partial charge in [0.05, 0.1) is 6.61 Å². The number of hydrogen-bond donors (Lipinski definition) is 1. The van der Waals surface area contributed by atoms with Crippen molar-refractivity contribution in [2.75, 3.05) is 11.9 Å². The van der Waals surface area contributed by atoms with Crippen LogP contribution in [0.4, 0.5) is 5.13 Å². The van der Waals surface area contributed by atoms with Gasteiger partial charge in [0, 0.05) is 21.7 Å². The fourth-order valence-corrected chi connectivity index (χ4v) is 3.86. The monoisotopic (exact) mass is 396 g/mol. The number of amides is 1. The molecule has 0 radical (unpaired) electrons. The minimum atomic E-state index is -0.213. The van der Waals surface area contributed by atoms with Gasteiger partial charge in [0.25, 0.3) is 0 Å². The number of furan rings is 1. The molecule has 0 saturated heterocycles. The van der Waals surface area contributed by atoms with Crippen molar-refractivity contribution in [1.82, 2.24) is 4.98 Å². The Morgan fingerprint density at radius 2 is 2.22 bits per heavy atom. The van der Waals surface area contributed by atoms with Crippen molar-refractivity contribution in [3.05, 3.63) is 58.1 Å². The van der Waals surface area contributed by atoms with Crippen LogP contribution in [0.25, 0.3) is 28.5 Å². The molecule has 0 unspecified atom stereocenters. The third-order valence-corrected chi connectivity index (χ3v) is 5.32. The first-order valence-corrected chi connectivity index (χ1v) is 10.1. The highest BCUT2D eigenvalue weighted by Crippen LogP contribution is 2.32. The van der Waals surface area contributed by atoms with Gasteiger partial charge in [-0.25, -0.2) is 4.98 Å². The molecule has 0 atom stereocenters. The number of nitrogens with one attached hydrogen (secondary N) is 1. The topological polar surface area (TPSA) is 64.4 Å². The van der Waals surface area contributed by atoms with Crippen LogP contribution in [0.5, 0.6) is 5.75 Å². The number of benzene rings is 1. The van der Waals surface area contributed by atoms with E-state index < -0.39 is 0 Å². The molecule has 5 nitrogen and oxygen atoms in total. The van der Waals surface area contributed by atoms with Gasteiger partial charge in [-0.05, 0) is 48.7 Å². The highest BCUT2D eigenvalue weighted by Gasteiger charge is 2.12. The van der Waals surface area contributed by atoms with E-state index in [-0.39, 0.29) is 5.91 Å². The number of carbonyl (C=O) groups excluding carboxylic acids is 1. The number of ether oxygens (including phenoxy) is 1. The molecule has 3 heterocycles. The second-order valence-corrected chi connectivity index (χ2v) is 7.46. The van der Waals surface area contributed by atoms with Gasteiger partial charge in [-0.15, -0.1) is 22.7 Å². The lowest BCUT2D eigenvalue weighted by atomic mass is 10.2. The minimum absolute atomic E-state index is 0.213. The second kappa shape index (κ2) is 7.77. The van der Waals surface area contributed by atoms with Gasteiger partial charge in [-0.3, -0.25) is 10.1 Å². The van der Waals surface area contributed by atoms with Crippen LogP contribution in [-0.2, 0) is 4.79 Å². The lowest BCUT2D eigenvalue weighted by Crippen LogP contribution is -2.07. The van der Waals surface area contributed by atoms with Gasteiger partial charge >= 0.3 is 0 Å². The lowest BCUT2D eigenvalue weighted by molar-refractivity contribution is -0.111. The van der Waals surface area contributed by atoms with Crippen molar-refractivity contribution in [3.8, 4) is 17.2 Å². The molecule has 0 bridgehead atoms. The molecule has 136 valence electrons. The third-order valence-electron chi connectivity index (χ3n) is 3.73. The zero-order valence-corrected chi connectivity index (χ0v) is 16.1. The largest absolute Gasteiger partial charge is 0.494 e. The number of nitrogens with zero attached hydrogens (tertiary/aromatic N) is 1. The molecule has 0 aliphatic heterocycles. The molecule has 1 aromatic carbocycles. The highest BCUT2D eigenvalue weighted by molar-refractivity contribution is 7.14.